The number of nitrogens with zero attached hydrogens (tertiary/aromatic N) is 2. The third kappa shape index (κ3) is 2.01. The molecule has 1 aromatic heterocycles. The van der Waals surface area contributed by atoms with Gasteiger partial charge in [-0.2, -0.15) is 5.10 Å². The Morgan fingerprint density at radius 1 is 1.33 bits per heavy atom. The maximum atomic E-state index is 5.75. The Balaban J connectivity index is 2.32. The Hall–Kier alpha value is -1.77. The molecule has 3 heteroatoms. The number of nitrogen functional groups attached to an aromatic ring is 1. The van der Waals surface area contributed by atoms with Crippen LogP contribution >= 0.6 is 0 Å². The van der Waals surface area contributed by atoms with E-state index in [4.69, 9.17) is 5.73 Å². The highest BCUT2D eigenvalue weighted by Gasteiger charge is 2.08. The van der Waals surface area contributed by atoms with Crippen LogP contribution in [-0.4, -0.2) is 9.78 Å². The minimum absolute atomic E-state index is 0.224. The molecular weight excluding hydrogens is 186 g/mol. The zero-order valence-corrected chi connectivity index (χ0v) is 9.01. The van der Waals surface area contributed by atoms with Gasteiger partial charge in [0.25, 0.3) is 0 Å². The van der Waals surface area contributed by atoms with Gasteiger partial charge in [-0.25, -0.2) is 0 Å². The Bertz CT molecular complexity index is 459. The molecule has 0 amide bonds. The van der Waals surface area contributed by atoms with E-state index in [0.717, 1.165) is 11.4 Å². The standard InChI is InChI=1S/C12H15N3/c1-9-6-7-15(14-9)10(2)11-4-3-5-12(13)8-11/h3-8,10H,13H2,1-2H3. The zero-order chi connectivity index (χ0) is 10.8. The number of anilines is 1. The van der Waals surface area contributed by atoms with E-state index in [1.165, 1.54) is 5.56 Å². The zero-order valence-electron chi connectivity index (χ0n) is 9.01. The summed E-state index contributed by atoms with van der Waals surface area (Å²) in [5.41, 5.74) is 8.76. The average Bonchev–Trinajstić information content (AvgIpc) is 2.64. The normalized spacial score (nSPS) is 12.7. The molecule has 0 fully saturated rings. The second-order valence-electron chi connectivity index (χ2n) is 3.78. The van der Waals surface area contributed by atoms with Crippen LogP contribution in [0.3, 0.4) is 0 Å². The van der Waals surface area contributed by atoms with E-state index in [1.54, 1.807) is 0 Å². The molecule has 2 N–H and O–H groups in total. The molecule has 1 aromatic carbocycles. The first-order chi connectivity index (χ1) is 7.16. The molecule has 0 aliphatic rings. The fourth-order valence-electron chi connectivity index (χ4n) is 1.62. The van der Waals surface area contributed by atoms with Crippen molar-refractivity contribution in [1.29, 1.82) is 0 Å². The van der Waals surface area contributed by atoms with Gasteiger partial charge in [0.1, 0.15) is 0 Å². The van der Waals surface area contributed by atoms with Crippen molar-refractivity contribution >= 4 is 5.69 Å². The molecular formula is C12H15N3. The average molecular weight is 201 g/mol. The van der Waals surface area contributed by atoms with Gasteiger partial charge in [0.05, 0.1) is 11.7 Å². The molecule has 0 aliphatic carbocycles. The number of nitrogens with two attached hydrogens (primary N) is 1. The van der Waals surface area contributed by atoms with Gasteiger partial charge < -0.3 is 5.73 Å². The van der Waals surface area contributed by atoms with E-state index in [-0.39, 0.29) is 6.04 Å². The lowest BCUT2D eigenvalue weighted by atomic mass is 10.1. The molecule has 2 rings (SSSR count). The van der Waals surface area contributed by atoms with Crippen molar-refractivity contribution in [2.75, 3.05) is 5.73 Å². The first-order valence-electron chi connectivity index (χ1n) is 5.04. The lowest BCUT2D eigenvalue weighted by molar-refractivity contribution is 0.561. The highest BCUT2D eigenvalue weighted by molar-refractivity contribution is 5.41. The van der Waals surface area contributed by atoms with Gasteiger partial charge in [-0.3, -0.25) is 4.68 Å². The van der Waals surface area contributed by atoms with E-state index in [0.29, 0.717) is 0 Å². The first kappa shape index (κ1) is 9.77. The molecule has 2 aromatic rings. The predicted octanol–water partition coefficient (Wildman–Crippen LogP) is 2.38. The fourth-order valence-corrected chi connectivity index (χ4v) is 1.62. The van der Waals surface area contributed by atoms with Crippen LogP contribution in [0.2, 0.25) is 0 Å². The van der Waals surface area contributed by atoms with Crippen molar-refractivity contribution < 1.29 is 0 Å². The third-order valence-electron chi connectivity index (χ3n) is 2.53. The van der Waals surface area contributed by atoms with Crippen LogP contribution in [0, 0.1) is 6.92 Å². The summed E-state index contributed by atoms with van der Waals surface area (Å²) in [6, 6.07) is 10.1. The predicted molar refractivity (Wildman–Crippen MR) is 61.6 cm³/mol. The Morgan fingerprint density at radius 3 is 2.73 bits per heavy atom. The monoisotopic (exact) mass is 201 g/mol. The second-order valence-corrected chi connectivity index (χ2v) is 3.78. The van der Waals surface area contributed by atoms with E-state index in [2.05, 4.69) is 18.1 Å². The summed E-state index contributed by atoms with van der Waals surface area (Å²) in [5.74, 6) is 0. The number of benzene rings is 1. The minimum Gasteiger partial charge on any atom is -0.399 e. The highest BCUT2D eigenvalue weighted by Crippen LogP contribution is 2.19. The quantitative estimate of drug-likeness (QED) is 0.758. The van der Waals surface area contributed by atoms with Crippen molar-refractivity contribution in [1.82, 2.24) is 9.78 Å². The van der Waals surface area contributed by atoms with E-state index in [1.807, 2.05) is 42.1 Å². The van der Waals surface area contributed by atoms with Crippen LogP contribution in [0.25, 0.3) is 0 Å². The fraction of sp³-hybridized carbons (Fsp3) is 0.250. The summed E-state index contributed by atoms with van der Waals surface area (Å²) in [5, 5.41) is 4.39. The molecule has 1 unspecified atom stereocenters. The first-order valence-corrected chi connectivity index (χ1v) is 5.04. The Kier molecular flexibility index (Phi) is 2.46. The number of hydrogen-bond donors (Lipinski definition) is 1. The van der Waals surface area contributed by atoms with Crippen molar-refractivity contribution in [3.63, 3.8) is 0 Å². The van der Waals surface area contributed by atoms with E-state index >= 15 is 0 Å². The molecule has 1 atom stereocenters. The van der Waals surface area contributed by atoms with Crippen LogP contribution in [0.1, 0.15) is 24.2 Å². The summed E-state index contributed by atoms with van der Waals surface area (Å²) in [7, 11) is 0. The van der Waals surface area contributed by atoms with Crippen molar-refractivity contribution in [2.45, 2.75) is 19.9 Å². The minimum atomic E-state index is 0.224. The van der Waals surface area contributed by atoms with Gasteiger partial charge in [-0.05, 0) is 37.6 Å². The molecule has 3 nitrogen and oxygen atoms in total. The number of rotatable bonds is 2. The summed E-state index contributed by atoms with van der Waals surface area (Å²) >= 11 is 0. The van der Waals surface area contributed by atoms with Crippen LogP contribution < -0.4 is 5.73 Å². The third-order valence-corrected chi connectivity index (χ3v) is 2.53. The van der Waals surface area contributed by atoms with Crippen molar-refractivity contribution in [3.05, 3.63) is 47.8 Å². The summed E-state index contributed by atoms with van der Waals surface area (Å²) < 4.78 is 1.95. The molecule has 0 spiro atoms. The lowest BCUT2D eigenvalue weighted by Gasteiger charge is -2.12. The molecule has 0 saturated carbocycles. The van der Waals surface area contributed by atoms with Crippen molar-refractivity contribution in [2.24, 2.45) is 0 Å². The molecule has 1 heterocycles. The maximum absolute atomic E-state index is 5.75. The lowest BCUT2D eigenvalue weighted by Crippen LogP contribution is -2.07. The number of hydrogen-bond acceptors (Lipinski definition) is 2. The number of aryl methyl sites for hydroxylation is 1. The highest BCUT2D eigenvalue weighted by atomic mass is 15.3. The molecule has 0 aliphatic heterocycles. The largest absolute Gasteiger partial charge is 0.399 e. The van der Waals surface area contributed by atoms with Gasteiger partial charge in [0.2, 0.25) is 0 Å². The van der Waals surface area contributed by atoms with Crippen LogP contribution in [0.4, 0.5) is 5.69 Å². The van der Waals surface area contributed by atoms with E-state index in [9.17, 15) is 0 Å². The molecule has 0 bridgehead atoms. The molecule has 0 radical (unpaired) electrons. The topological polar surface area (TPSA) is 43.8 Å². The van der Waals surface area contributed by atoms with Crippen LogP contribution in [-0.2, 0) is 0 Å². The Labute approximate surface area is 89.5 Å². The smallest absolute Gasteiger partial charge is 0.0741 e. The second kappa shape index (κ2) is 3.77. The summed E-state index contributed by atoms with van der Waals surface area (Å²) in [6.45, 7) is 4.10. The van der Waals surface area contributed by atoms with E-state index < -0.39 is 0 Å². The van der Waals surface area contributed by atoms with Gasteiger partial charge >= 0.3 is 0 Å². The summed E-state index contributed by atoms with van der Waals surface area (Å²) in [6.07, 6.45) is 1.99. The molecule has 78 valence electrons. The summed E-state index contributed by atoms with van der Waals surface area (Å²) in [4.78, 5) is 0. The van der Waals surface area contributed by atoms with Gasteiger partial charge in [-0.1, -0.05) is 12.1 Å². The van der Waals surface area contributed by atoms with Gasteiger partial charge in [0, 0.05) is 11.9 Å². The molecule has 15 heavy (non-hydrogen) atoms. The van der Waals surface area contributed by atoms with Gasteiger partial charge in [-0.15, -0.1) is 0 Å². The van der Waals surface area contributed by atoms with Gasteiger partial charge in [0.15, 0.2) is 0 Å². The maximum Gasteiger partial charge on any atom is 0.0741 e. The number of aromatic nitrogens is 2. The Morgan fingerprint density at radius 2 is 2.13 bits per heavy atom. The SMILES string of the molecule is Cc1ccn(C(C)c2cccc(N)c2)n1. The van der Waals surface area contributed by atoms with Crippen molar-refractivity contribution in [3.8, 4) is 0 Å². The van der Waals surface area contributed by atoms with Crippen LogP contribution in [0.15, 0.2) is 36.5 Å². The molecule has 0 saturated heterocycles. The van der Waals surface area contributed by atoms with Crippen LogP contribution in [0.5, 0.6) is 0 Å².